The van der Waals surface area contributed by atoms with Crippen molar-refractivity contribution < 1.29 is 18.3 Å². The minimum atomic E-state index is -0.955. The van der Waals surface area contributed by atoms with Crippen LogP contribution < -0.4 is 15.4 Å². The van der Waals surface area contributed by atoms with Crippen molar-refractivity contribution in [1.82, 2.24) is 15.5 Å². The highest BCUT2D eigenvalue weighted by Crippen LogP contribution is 2.15. The lowest BCUT2D eigenvalue weighted by atomic mass is 10.1. The van der Waals surface area contributed by atoms with E-state index in [-0.39, 0.29) is 54.3 Å². The van der Waals surface area contributed by atoms with Gasteiger partial charge in [0.1, 0.15) is 12.4 Å². The van der Waals surface area contributed by atoms with Crippen LogP contribution in [0.25, 0.3) is 0 Å². The Morgan fingerprint density at radius 3 is 2.48 bits per heavy atom. The number of amides is 1. The number of ether oxygens (including phenoxy) is 1. The molecule has 0 radical (unpaired) electrons. The third-order valence-electron chi connectivity index (χ3n) is 3.10. The van der Waals surface area contributed by atoms with Gasteiger partial charge in [-0.3, -0.25) is 4.79 Å². The molecule has 6 nitrogen and oxygen atoms in total. The lowest BCUT2D eigenvalue weighted by molar-refractivity contribution is -0.122. The molecule has 0 fully saturated rings. The zero-order chi connectivity index (χ0) is 19.7. The number of carbonyl (C=O) groups excluding carboxylic acids is 1. The molecular formula is C18H29F2IN4O2. The summed E-state index contributed by atoms with van der Waals surface area (Å²) in [5.41, 5.74) is -0.300. The molecular weight excluding hydrogens is 469 g/mol. The molecule has 9 heteroatoms. The number of benzene rings is 1. The summed E-state index contributed by atoms with van der Waals surface area (Å²) in [6.45, 7) is 8.98. The number of rotatable bonds is 7. The van der Waals surface area contributed by atoms with Crippen molar-refractivity contribution in [3.05, 3.63) is 29.8 Å². The van der Waals surface area contributed by atoms with Crippen LogP contribution in [-0.4, -0.2) is 55.6 Å². The number of nitrogens with zero attached hydrogens (tertiary/aromatic N) is 2. The van der Waals surface area contributed by atoms with Crippen LogP contribution in [-0.2, 0) is 4.79 Å². The van der Waals surface area contributed by atoms with Gasteiger partial charge in [0.25, 0.3) is 0 Å². The van der Waals surface area contributed by atoms with Crippen molar-refractivity contribution in [3.8, 4) is 5.75 Å². The van der Waals surface area contributed by atoms with E-state index in [9.17, 15) is 13.6 Å². The van der Waals surface area contributed by atoms with Gasteiger partial charge in [0, 0.05) is 25.2 Å². The van der Waals surface area contributed by atoms with Gasteiger partial charge in [-0.15, -0.1) is 24.0 Å². The third kappa shape index (κ3) is 10.3. The molecule has 0 heterocycles. The van der Waals surface area contributed by atoms with E-state index in [1.54, 1.807) is 11.9 Å². The van der Waals surface area contributed by atoms with E-state index in [1.165, 1.54) is 6.07 Å². The lowest BCUT2D eigenvalue weighted by Crippen LogP contribution is -2.48. The summed E-state index contributed by atoms with van der Waals surface area (Å²) in [5, 5.41) is 5.99. The molecule has 0 aliphatic carbocycles. The average Bonchev–Trinajstić information content (AvgIpc) is 2.51. The van der Waals surface area contributed by atoms with E-state index < -0.39 is 11.6 Å². The zero-order valence-corrected chi connectivity index (χ0v) is 18.8. The topological polar surface area (TPSA) is 66.0 Å². The van der Waals surface area contributed by atoms with Crippen LogP contribution in [0.2, 0.25) is 0 Å². The number of aliphatic imine (C=N–C) groups is 1. The number of nitrogens with one attached hydrogen (secondary N) is 2. The maximum Gasteiger partial charge on any atom is 0.240 e. The van der Waals surface area contributed by atoms with Crippen molar-refractivity contribution in [3.63, 3.8) is 0 Å². The van der Waals surface area contributed by atoms with Gasteiger partial charge in [-0.05, 0) is 39.8 Å². The van der Waals surface area contributed by atoms with E-state index in [1.807, 2.05) is 27.7 Å². The molecule has 2 N–H and O–H groups in total. The number of hydrogen-bond donors (Lipinski definition) is 2. The first-order valence-electron chi connectivity index (χ1n) is 8.50. The zero-order valence-electron chi connectivity index (χ0n) is 16.4. The molecule has 0 aromatic heterocycles. The minimum Gasteiger partial charge on any atom is -0.492 e. The van der Waals surface area contributed by atoms with Crippen LogP contribution in [0, 0.1) is 11.6 Å². The fraction of sp³-hybridized carbons (Fsp3) is 0.556. The van der Waals surface area contributed by atoms with Crippen LogP contribution in [0.5, 0.6) is 5.75 Å². The first kappa shape index (κ1) is 25.3. The summed E-state index contributed by atoms with van der Waals surface area (Å²) < 4.78 is 31.4. The van der Waals surface area contributed by atoms with Crippen LogP contribution in [0.15, 0.2) is 23.2 Å². The van der Waals surface area contributed by atoms with Crippen molar-refractivity contribution >= 4 is 35.8 Å². The summed E-state index contributed by atoms with van der Waals surface area (Å²) in [6.07, 6.45) is 0. The Hall–Kier alpha value is -1.65. The van der Waals surface area contributed by atoms with Gasteiger partial charge in [0.2, 0.25) is 5.91 Å². The van der Waals surface area contributed by atoms with E-state index >= 15 is 0 Å². The van der Waals surface area contributed by atoms with E-state index in [4.69, 9.17) is 4.74 Å². The second kappa shape index (κ2) is 11.9. The normalized spacial score (nSPS) is 11.4. The minimum absolute atomic E-state index is 0. The molecule has 0 bridgehead atoms. The molecule has 0 unspecified atom stereocenters. The van der Waals surface area contributed by atoms with Crippen LogP contribution >= 0.6 is 24.0 Å². The van der Waals surface area contributed by atoms with Crippen LogP contribution in [0.1, 0.15) is 27.7 Å². The molecule has 0 saturated carbocycles. The van der Waals surface area contributed by atoms with Gasteiger partial charge in [0.05, 0.1) is 13.1 Å². The fourth-order valence-electron chi connectivity index (χ4n) is 2.10. The summed E-state index contributed by atoms with van der Waals surface area (Å²) >= 11 is 0. The van der Waals surface area contributed by atoms with Crippen molar-refractivity contribution in [2.24, 2.45) is 4.99 Å². The number of halogens is 3. The number of hydrogen-bond acceptors (Lipinski definition) is 3. The van der Waals surface area contributed by atoms with Crippen molar-refractivity contribution in [2.45, 2.75) is 33.2 Å². The highest BCUT2D eigenvalue weighted by molar-refractivity contribution is 14.0. The number of guanidine groups is 1. The van der Waals surface area contributed by atoms with Gasteiger partial charge in [-0.1, -0.05) is 0 Å². The summed E-state index contributed by atoms with van der Waals surface area (Å²) in [4.78, 5) is 18.1. The van der Waals surface area contributed by atoms with Gasteiger partial charge in [-0.2, -0.15) is 0 Å². The Balaban J connectivity index is 0.00000676. The van der Waals surface area contributed by atoms with Gasteiger partial charge < -0.3 is 20.3 Å². The van der Waals surface area contributed by atoms with Crippen molar-refractivity contribution in [1.29, 1.82) is 0 Å². The molecule has 154 valence electrons. The molecule has 1 rings (SSSR count). The Labute approximate surface area is 176 Å². The average molecular weight is 498 g/mol. The smallest absolute Gasteiger partial charge is 0.240 e. The molecule has 0 aliphatic rings. The summed E-state index contributed by atoms with van der Waals surface area (Å²) in [7, 11) is 1.76. The lowest BCUT2D eigenvalue weighted by Gasteiger charge is -2.25. The predicted molar refractivity (Wildman–Crippen MR) is 114 cm³/mol. The van der Waals surface area contributed by atoms with Gasteiger partial charge >= 0.3 is 0 Å². The van der Waals surface area contributed by atoms with E-state index in [0.29, 0.717) is 19.0 Å². The first-order valence-corrected chi connectivity index (χ1v) is 8.50. The SMILES string of the molecule is CCNC(=NCCOc1ccc(F)c(F)c1)N(C)CC(=O)NC(C)(C)C.I. The second-order valence-corrected chi connectivity index (χ2v) is 6.81. The maximum atomic E-state index is 13.1. The molecule has 27 heavy (non-hydrogen) atoms. The predicted octanol–water partition coefficient (Wildman–Crippen LogP) is 2.77. The largest absolute Gasteiger partial charge is 0.492 e. The summed E-state index contributed by atoms with van der Waals surface area (Å²) in [6, 6.07) is 3.36. The quantitative estimate of drug-likeness (QED) is 0.263. The second-order valence-electron chi connectivity index (χ2n) is 6.81. The Bertz CT molecular complexity index is 636. The number of likely N-dealkylation sites (N-methyl/N-ethyl adjacent to an activating group) is 1. The number of carbonyl (C=O) groups is 1. The molecule has 0 spiro atoms. The van der Waals surface area contributed by atoms with E-state index in [0.717, 1.165) is 12.1 Å². The Morgan fingerprint density at radius 1 is 1.26 bits per heavy atom. The van der Waals surface area contributed by atoms with Crippen LogP contribution in [0.3, 0.4) is 0 Å². The summed E-state index contributed by atoms with van der Waals surface area (Å²) in [5.74, 6) is -1.18. The first-order chi connectivity index (χ1) is 12.1. The molecule has 1 amide bonds. The highest BCUT2D eigenvalue weighted by atomic mass is 127. The molecule has 0 saturated heterocycles. The van der Waals surface area contributed by atoms with E-state index in [2.05, 4.69) is 15.6 Å². The highest BCUT2D eigenvalue weighted by Gasteiger charge is 2.16. The maximum absolute atomic E-state index is 13.1. The Morgan fingerprint density at radius 2 is 1.93 bits per heavy atom. The van der Waals surface area contributed by atoms with Crippen LogP contribution in [0.4, 0.5) is 8.78 Å². The Kier molecular flexibility index (Phi) is 11.2. The molecule has 1 aromatic carbocycles. The van der Waals surface area contributed by atoms with Gasteiger partial charge in [0.15, 0.2) is 17.6 Å². The molecule has 1 aromatic rings. The fourth-order valence-corrected chi connectivity index (χ4v) is 2.10. The standard InChI is InChI=1S/C18H28F2N4O2.HI/c1-6-21-17(24(5)12-16(25)23-18(2,3)4)22-9-10-26-13-7-8-14(19)15(20)11-13;/h7-8,11H,6,9-10,12H2,1-5H3,(H,21,22)(H,23,25);1H. The van der Waals surface area contributed by atoms with Crippen molar-refractivity contribution in [2.75, 3.05) is 33.3 Å². The molecule has 0 atom stereocenters. The third-order valence-corrected chi connectivity index (χ3v) is 3.10. The van der Waals surface area contributed by atoms with Gasteiger partial charge in [-0.25, -0.2) is 13.8 Å². The monoisotopic (exact) mass is 498 g/mol. The molecule has 0 aliphatic heterocycles.